The average Bonchev–Trinajstić information content (AvgIpc) is 2.97. The Labute approximate surface area is 119 Å². The third-order valence-electron chi connectivity index (χ3n) is 3.45. The Bertz CT molecular complexity index is 510. The third-order valence-corrected chi connectivity index (χ3v) is 3.45. The molecule has 1 saturated carbocycles. The summed E-state index contributed by atoms with van der Waals surface area (Å²) in [7, 11) is 0. The Morgan fingerprint density at radius 2 is 2.00 bits per heavy atom. The van der Waals surface area contributed by atoms with Crippen molar-refractivity contribution in [2.75, 3.05) is 0 Å². The van der Waals surface area contributed by atoms with Crippen molar-refractivity contribution in [3.63, 3.8) is 0 Å². The van der Waals surface area contributed by atoms with Gasteiger partial charge in [-0.1, -0.05) is 43.2 Å². The van der Waals surface area contributed by atoms with Gasteiger partial charge < -0.3 is 10.6 Å². The van der Waals surface area contributed by atoms with Crippen LogP contribution in [0.2, 0.25) is 0 Å². The minimum absolute atomic E-state index is 0.132. The van der Waals surface area contributed by atoms with E-state index in [1.807, 2.05) is 36.4 Å². The molecule has 0 unspecified atom stereocenters. The summed E-state index contributed by atoms with van der Waals surface area (Å²) >= 11 is 0. The summed E-state index contributed by atoms with van der Waals surface area (Å²) in [6.07, 6.45) is 5.84. The summed E-state index contributed by atoms with van der Waals surface area (Å²) in [6, 6.07) is 12.0. The van der Waals surface area contributed by atoms with Crippen molar-refractivity contribution in [2.45, 2.75) is 38.3 Å². The monoisotopic (exact) mass is 269 g/mol. The number of hydrogen-bond acceptors (Lipinski definition) is 3. The van der Waals surface area contributed by atoms with Gasteiger partial charge in [0, 0.05) is 18.8 Å². The van der Waals surface area contributed by atoms with Gasteiger partial charge in [0.1, 0.15) is 11.6 Å². The van der Waals surface area contributed by atoms with Gasteiger partial charge in [0.15, 0.2) is 0 Å². The Balaban J connectivity index is 1.85. The molecule has 1 aromatic rings. The number of carbonyl (C=O) groups excluding carboxylic acids is 1. The van der Waals surface area contributed by atoms with E-state index in [1.165, 1.54) is 6.20 Å². The van der Waals surface area contributed by atoms with Crippen LogP contribution in [0.1, 0.15) is 31.2 Å². The lowest BCUT2D eigenvalue weighted by Gasteiger charge is -2.11. The lowest BCUT2D eigenvalue weighted by Crippen LogP contribution is -2.33. The van der Waals surface area contributed by atoms with Crippen LogP contribution in [-0.4, -0.2) is 11.9 Å². The molecule has 0 heterocycles. The Morgan fingerprint density at radius 3 is 2.65 bits per heavy atom. The van der Waals surface area contributed by atoms with Crippen molar-refractivity contribution in [2.24, 2.45) is 0 Å². The largest absolute Gasteiger partial charge is 0.386 e. The second-order valence-electron chi connectivity index (χ2n) is 4.99. The van der Waals surface area contributed by atoms with E-state index in [9.17, 15) is 4.79 Å². The number of benzene rings is 1. The molecule has 1 amide bonds. The molecule has 1 aromatic carbocycles. The number of rotatable bonds is 5. The van der Waals surface area contributed by atoms with E-state index < -0.39 is 0 Å². The maximum atomic E-state index is 11.9. The zero-order valence-corrected chi connectivity index (χ0v) is 11.4. The average molecular weight is 269 g/mol. The molecule has 2 N–H and O–H groups in total. The van der Waals surface area contributed by atoms with E-state index in [2.05, 4.69) is 10.6 Å². The zero-order chi connectivity index (χ0) is 14.2. The van der Waals surface area contributed by atoms with Crippen LogP contribution >= 0.6 is 0 Å². The Kier molecular flexibility index (Phi) is 5.19. The van der Waals surface area contributed by atoms with Crippen molar-refractivity contribution in [3.8, 4) is 6.07 Å². The fourth-order valence-electron chi connectivity index (χ4n) is 2.35. The van der Waals surface area contributed by atoms with Crippen LogP contribution in [0.15, 0.2) is 42.1 Å². The standard InChI is InChI=1S/C16H19N3O/c17-10-14(16(20)19-15-8-4-5-9-15)12-18-11-13-6-2-1-3-7-13/h1-3,6-7,12,15,18H,4-5,8-9,11H2,(H,19,20)/b14-12-. The van der Waals surface area contributed by atoms with E-state index in [0.717, 1.165) is 31.2 Å². The van der Waals surface area contributed by atoms with E-state index in [4.69, 9.17) is 5.26 Å². The number of amides is 1. The fourth-order valence-corrected chi connectivity index (χ4v) is 2.35. The molecular weight excluding hydrogens is 250 g/mol. The molecule has 1 aliphatic rings. The normalized spacial score (nSPS) is 15.7. The van der Waals surface area contributed by atoms with Crippen molar-refractivity contribution in [3.05, 3.63) is 47.7 Å². The second kappa shape index (κ2) is 7.34. The predicted molar refractivity (Wildman–Crippen MR) is 77.4 cm³/mol. The predicted octanol–water partition coefficient (Wildman–Crippen LogP) is 2.24. The van der Waals surface area contributed by atoms with Crippen LogP contribution < -0.4 is 10.6 Å². The van der Waals surface area contributed by atoms with Crippen LogP contribution in [0, 0.1) is 11.3 Å². The smallest absolute Gasteiger partial charge is 0.263 e. The van der Waals surface area contributed by atoms with Gasteiger partial charge >= 0.3 is 0 Å². The first-order chi connectivity index (χ1) is 9.79. The van der Waals surface area contributed by atoms with Crippen molar-refractivity contribution >= 4 is 5.91 Å². The molecule has 20 heavy (non-hydrogen) atoms. The van der Waals surface area contributed by atoms with Gasteiger partial charge in [-0.3, -0.25) is 4.79 Å². The van der Waals surface area contributed by atoms with E-state index in [-0.39, 0.29) is 17.5 Å². The SMILES string of the molecule is N#C/C(=C/NCc1ccccc1)C(=O)NC1CCCC1. The summed E-state index contributed by atoms with van der Waals surface area (Å²) in [5.74, 6) is -0.278. The number of nitriles is 1. The third kappa shape index (κ3) is 4.13. The fraction of sp³-hybridized carbons (Fsp3) is 0.375. The van der Waals surface area contributed by atoms with Gasteiger partial charge in [0.2, 0.25) is 0 Å². The first-order valence-corrected chi connectivity index (χ1v) is 6.98. The summed E-state index contributed by atoms with van der Waals surface area (Å²) in [4.78, 5) is 11.9. The highest BCUT2D eigenvalue weighted by Gasteiger charge is 2.18. The maximum Gasteiger partial charge on any atom is 0.263 e. The lowest BCUT2D eigenvalue weighted by molar-refractivity contribution is -0.117. The van der Waals surface area contributed by atoms with Gasteiger partial charge in [-0.15, -0.1) is 0 Å². The molecule has 0 spiro atoms. The molecule has 0 atom stereocenters. The van der Waals surface area contributed by atoms with Crippen LogP contribution in [0.5, 0.6) is 0 Å². The highest BCUT2D eigenvalue weighted by atomic mass is 16.1. The molecule has 0 aliphatic heterocycles. The van der Waals surface area contributed by atoms with Gasteiger partial charge in [0.25, 0.3) is 5.91 Å². The number of hydrogen-bond donors (Lipinski definition) is 2. The summed E-state index contributed by atoms with van der Waals surface area (Å²) < 4.78 is 0. The molecule has 0 aromatic heterocycles. The van der Waals surface area contributed by atoms with E-state index in [0.29, 0.717) is 6.54 Å². The molecule has 0 bridgehead atoms. The molecule has 1 aliphatic carbocycles. The number of nitrogens with zero attached hydrogens (tertiary/aromatic N) is 1. The summed E-state index contributed by atoms with van der Waals surface area (Å²) in [5.41, 5.74) is 1.24. The highest BCUT2D eigenvalue weighted by Crippen LogP contribution is 2.17. The molecule has 2 rings (SSSR count). The van der Waals surface area contributed by atoms with Crippen molar-refractivity contribution < 1.29 is 4.79 Å². The minimum Gasteiger partial charge on any atom is -0.386 e. The summed E-state index contributed by atoms with van der Waals surface area (Å²) in [6.45, 7) is 0.600. The number of nitrogens with one attached hydrogen (secondary N) is 2. The van der Waals surface area contributed by atoms with Gasteiger partial charge in [-0.05, 0) is 18.4 Å². The summed E-state index contributed by atoms with van der Waals surface area (Å²) in [5, 5.41) is 15.0. The first-order valence-electron chi connectivity index (χ1n) is 6.98. The molecule has 0 saturated heterocycles. The second-order valence-corrected chi connectivity index (χ2v) is 4.99. The first kappa shape index (κ1) is 14.1. The van der Waals surface area contributed by atoms with Crippen LogP contribution in [0.25, 0.3) is 0 Å². The molecule has 1 fully saturated rings. The van der Waals surface area contributed by atoms with Gasteiger partial charge in [0.05, 0.1) is 0 Å². The van der Waals surface area contributed by atoms with Crippen LogP contribution in [-0.2, 0) is 11.3 Å². The van der Waals surface area contributed by atoms with Crippen LogP contribution in [0.3, 0.4) is 0 Å². The number of carbonyl (C=O) groups is 1. The molecule has 4 heteroatoms. The van der Waals surface area contributed by atoms with Crippen molar-refractivity contribution in [1.29, 1.82) is 5.26 Å². The molecular formula is C16H19N3O. The lowest BCUT2D eigenvalue weighted by atomic mass is 10.2. The van der Waals surface area contributed by atoms with E-state index in [1.54, 1.807) is 0 Å². The highest BCUT2D eigenvalue weighted by molar-refractivity contribution is 5.97. The molecule has 4 nitrogen and oxygen atoms in total. The van der Waals surface area contributed by atoms with Gasteiger partial charge in [-0.25, -0.2) is 0 Å². The zero-order valence-electron chi connectivity index (χ0n) is 11.4. The Morgan fingerprint density at radius 1 is 1.30 bits per heavy atom. The maximum absolute atomic E-state index is 11.9. The Hall–Kier alpha value is -2.28. The van der Waals surface area contributed by atoms with Gasteiger partial charge in [-0.2, -0.15) is 5.26 Å². The molecule has 104 valence electrons. The van der Waals surface area contributed by atoms with Crippen LogP contribution in [0.4, 0.5) is 0 Å². The minimum atomic E-state index is -0.278. The van der Waals surface area contributed by atoms with Crippen molar-refractivity contribution in [1.82, 2.24) is 10.6 Å². The van der Waals surface area contributed by atoms with E-state index >= 15 is 0 Å². The molecule has 0 radical (unpaired) electrons. The topological polar surface area (TPSA) is 64.9 Å². The quantitative estimate of drug-likeness (QED) is 0.636.